The molecule has 0 aromatic carbocycles. The van der Waals surface area contributed by atoms with E-state index in [2.05, 4.69) is 34.6 Å². The van der Waals surface area contributed by atoms with Gasteiger partial charge in [0.05, 0.1) is 64.1 Å². The average molecular weight is 709 g/mol. The number of hydrogen-bond donors (Lipinski definition) is 2. The maximum Gasteiger partial charge on any atom is 0.155 e. The van der Waals surface area contributed by atoms with Gasteiger partial charge in [-0.3, -0.25) is 0 Å². The Hall–Kier alpha value is -0.280. The van der Waals surface area contributed by atoms with Gasteiger partial charge in [0.2, 0.25) is 0 Å². The van der Waals surface area contributed by atoms with Crippen molar-refractivity contribution in [3.8, 4) is 0 Å². The van der Waals surface area contributed by atoms with Crippen molar-refractivity contribution in [1.29, 1.82) is 0 Å². The van der Waals surface area contributed by atoms with Crippen molar-refractivity contribution in [2.75, 3.05) is 39.6 Å². The minimum atomic E-state index is -0.209. The van der Waals surface area contributed by atoms with E-state index in [0.29, 0.717) is 50.5 Å². The van der Waals surface area contributed by atoms with Crippen LogP contribution in [-0.2, 0) is 23.7 Å². The lowest BCUT2D eigenvalue weighted by molar-refractivity contribution is -0.176. The van der Waals surface area contributed by atoms with Gasteiger partial charge in [0.15, 0.2) is 6.29 Å². The summed E-state index contributed by atoms with van der Waals surface area (Å²) in [5.74, 6) is 4.02. The van der Waals surface area contributed by atoms with E-state index in [1.165, 1.54) is 77.0 Å². The lowest BCUT2D eigenvalue weighted by Crippen LogP contribution is -2.39. The molecule has 0 radical (unpaired) electrons. The third-order valence-electron chi connectivity index (χ3n) is 14.3. The summed E-state index contributed by atoms with van der Waals surface area (Å²) in [6.07, 6.45) is 22.9. The molecule has 0 heterocycles. The monoisotopic (exact) mass is 709 g/mol. The fourth-order valence-corrected chi connectivity index (χ4v) is 10.4. The van der Waals surface area contributed by atoms with E-state index < -0.39 is 0 Å². The van der Waals surface area contributed by atoms with Crippen LogP contribution in [0.1, 0.15) is 164 Å². The van der Waals surface area contributed by atoms with Gasteiger partial charge in [-0.15, -0.1) is 0 Å². The molecule has 4 aliphatic carbocycles. The smallest absolute Gasteiger partial charge is 0.155 e. The number of aliphatic hydroxyl groups is 2. The molecule has 0 bridgehead atoms. The van der Waals surface area contributed by atoms with Gasteiger partial charge in [0.25, 0.3) is 0 Å². The first-order chi connectivity index (χ1) is 23.9. The molecule has 0 amide bonds. The summed E-state index contributed by atoms with van der Waals surface area (Å²) in [7, 11) is 0. The third kappa shape index (κ3) is 13.9. The highest BCUT2D eigenvalue weighted by Gasteiger charge is 2.41. The lowest BCUT2D eigenvalue weighted by atomic mass is 9.59. The summed E-state index contributed by atoms with van der Waals surface area (Å²) >= 11 is 0. The van der Waals surface area contributed by atoms with Crippen LogP contribution in [0.25, 0.3) is 0 Å². The second-order valence-corrected chi connectivity index (χ2v) is 18.3. The van der Waals surface area contributed by atoms with Crippen molar-refractivity contribution in [2.24, 2.45) is 40.4 Å². The van der Waals surface area contributed by atoms with Gasteiger partial charge in [-0.1, -0.05) is 53.4 Å². The predicted molar refractivity (Wildman–Crippen MR) is 202 cm³/mol. The molecule has 50 heavy (non-hydrogen) atoms. The molecule has 7 heteroatoms. The van der Waals surface area contributed by atoms with Crippen LogP contribution in [0.3, 0.4) is 0 Å². The Kier molecular flexibility index (Phi) is 18.3. The molecule has 0 aliphatic heterocycles. The lowest BCUT2D eigenvalue weighted by Gasteiger charge is -2.46. The molecule has 0 spiro atoms. The van der Waals surface area contributed by atoms with Crippen LogP contribution in [0.5, 0.6) is 0 Å². The van der Waals surface area contributed by atoms with E-state index in [-0.39, 0.29) is 30.7 Å². The van der Waals surface area contributed by atoms with Gasteiger partial charge in [-0.25, -0.2) is 0 Å². The van der Waals surface area contributed by atoms with Gasteiger partial charge in [0, 0.05) is 0 Å². The number of hydrogen-bond acceptors (Lipinski definition) is 7. The van der Waals surface area contributed by atoms with E-state index in [1.54, 1.807) is 0 Å². The molecule has 4 aliphatic rings. The molecule has 2 N–H and O–H groups in total. The van der Waals surface area contributed by atoms with E-state index in [0.717, 1.165) is 74.5 Å². The largest absolute Gasteiger partial charge is 0.393 e. The van der Waals surface area contributed by atoms with Gasteiger partial charge < -0.3 is 33.9 Å². The first kappa shape index (κ1) is 42.5. The molecule has 7 nitrogen and oxygen atoms in total. The van der Waals surface area contributed by atoms with Crippen molar-refractivity contribution in [1.82, 2.24) is 0 Å². The summed E-state index contributed by atoms with van der Waals surface area (Å²) in [5.41, 5.74) is 0.767. The Morgan fingerprint density at radius 1 is 0.520 bits per heavy atom. The van der Waals surface area contributed by atoms with Crippen LogP contribution in [0.15, 0.2) is 0 Å². The number of rotatable bonds is 21. The van der Waals surface area contributed by atoms with Crippen LogP contribution in [-0.4, -0.2) is 80.6 Å². The van der Waals surface area contributed by atoms with Crippen molar-refractivity contribution < 1.29 is 33.9 Å². The molecular weight excluding hydrogens is 628 g/mol. The van der Waals surface area contributed by atoms with Gasteiger partial charge >= 0.3 is 0 Å². The van der Waals surface area contributed by atoms with Crippen LogP contribution < -0.4 is 0 Å². The summed E-state index contributed by atoms with van der Waals surface area (Å²) in [4.78, 5) is 0. The summed E-state index contributed by atoms with van der Waals surface area (Å²) in [5, 5.41) is 19.9. The van der Waals surface area contributed by atoms with Crippen molar-refractivity contribution >= 4 is 0 Å². The first-order valence-electron chi connectivity index (χ1n) is 21.3. The zero-order valence-corrected chi connectivity index (χ0v) is 33.4. The highest BCUT2D eigenvalue weighted by atomic mass is 16.7. The molecule has 2 atom stereocenters. The van der Waals surface area contributed by atoms with E-state index >= 15 is 0 Å². The van der Waals surface area contributed by atoms with Gasteiger partial charge in [-0.05, 0) is 151 Å². The second-order valence-electron chi connectivity index (χ2n) is 18.3. The number of ether oxygens (including phenoxy) is 5. The Morgan fingerprint density at radius 3 is 1.40 bits per heavy atom. The molecular formula is C43H80O7. The zero-order valence-electron chi connectivity index (χ0n) is 33.4. The predicted octanol–water partition coefficient (Wildman–Crippen LogP) is 9.49. The Labute approximate surface area is 307 Å². The minimum Gasteiger partial charge on any atom is -0.393 e. The zero-order chi connectivity index (χ0) is 36.0. The molecule has 4 saturated carbocycles. The molecule has 0 aromatic rings. The highest BCUT2D eigenvalue weighted by molar-refractivity contribution is 4.92. The van der Waals surface area contributed by atoms with E-state index in [4.69, 9.17) is 23.7 Å². The maximum absolute atomic E-state index is 9.93. The Bertz CT molecular complexity index is 878. The molecule has 4 rings (SSSR count). The first-order valence-corrected chi connectivity index (χ1v) is 21.3. The average Bonchev–Trinajstić information content (AvgIpc) is 3.10. The fraction of sp³-hybridized carbons (Fsp3) is 1.00. The fourth-order valence-electron chi connectivity index (χ4n) is 10.4. The standard InChI is InChI=1S/C43H80O7/c1-32(8-7-9-34-10-12-35(13-11-34)42(3,4)36-14-20-39(44)21-15-36)48-30-28-46-26-27-47-29-31-49-33(2)50-41-24-18-38(19-25-41)43(5,6)37-16-22-40(45)23-17-37/h32-41,44-45H,7-31H2,1-6H3. The molecule has 0 saturated heterocycles. The molecule has 294 valence electrons. The van der Waals surface area contributed by atoms with Crippen LogP contribution >= 0.6 is 0 Å². The summed E-state index contributed by atoms with van der Waals surface area (Å²) < 4.78 is 29.6. The molecule has 0 aromatic heterocycles. The Balaban J connectivity index is 0.914. The highest BCUT2D eigenvalue weighted by Crippen LogP contribution is 2.50. The third-order valence-corrected chi connectivity index (χ3v) is 14.3. The second kappa shape index (κ2) is 21.6. The van der Waals surface area contributed by atoms with Crippen LogP contribution in [0.4, 0.5) is 0 Å². The van der Waals surface area contributed by atoms with Crippen molar-refractivity contribution in [3.05, 3.63) is 0 Å². The van der Waals surface area contributed by atoms with E-state index in [1.807, 2.05) is 6.92 Å². The SMILES string of the molecule is CC(CCCC1CCC(C(C)(C)C2CCC(O)CC2)CC1)OCCOCCOCCOC(C)OC1CCC(C(C)(C)C2CCC(O)CC2)CC1. The molecule has 2 unspecified atom stereocenters. The Morgan fingerprint density at radius 2 is 0.920 bits per heavy atom. The summed E-state index contributed by atoms with van der Waals surface area (Å²) in [6, 6.07) is 0. The van der Waals surface area contributed by atoms with Crippen LogP contribution in [0.2, 0.25) is 0 Å². The van der Waals surface area contributed by atoms with Gasteiger partial charge in [0.1, 0.15) is 0 Å². The maximum atomic E-state index is 9.93. The quantitative estimate of drug-likeness (QED) is 0.0908. The van der Waals surface area contributed by atoms with Gasteiger partial charge in [-0.2, -0.15) is 0 Å². The van der Waals surface area contributed by atoms with E-state index in [9.17, 15) is 10.2 Å². The van der Waals surface area contributed by atoms with Crippen molar-refractivity contribution in [2.45, 2.75) is 194 Å². The number of aliphatic hydroxyl groups excluding tert-OH is 2. The van der Waals surface area contributed by atoms with Crippen molar-refractivity contribution in [3.63, 3.8) is 0 Å². The molecule has 4 fully saturated rings. The van der Waals surface area contributed by atoms with Crippen LogP contribution in [0, 0.1) is 40.4 Å². The normalized spacial score (nSPS) is 32.9. The minimum absolute atomic E-state index is 0.0493. The topological polar surface area (TPSA) is 86.6 Å². The summed E-state index contributed by atoms with van der Waals surface area (Å²) in [6.45, 7) is 17.6.